The summed E-state index contributed by atoms with van der Waals surface area (Å²) in [6, 6.07) is 2.56. The minimum absolute atomic E-state index is 0.0348. The topological polar surface area (TPSA) is 115 Å². The van der Waals surface area contributed by atoms with Gasteiger partial charge >= 0.3 is 0 Å². The van der Waals surface area contributed by atoms with E-state index in [1.807, 2.05) is 0 Å². The van der Waals surface area contributed by atoms with Crippen LogP contribution >= 0.6 is 0 Å². The van der Waals surface area contributed by atoms with E-state index in [2.05, 4.69) is 0 Å². The number of anilines is 1. The average molecular weight is 309 g/mol. The van der Waals surface area contributed by atoms with E-state index in [0.717, 1.165) is 4.31 Å². The molecule has 108 valence electrons. The van der Waals surface area contributed by atoms with Crippen LogP contribution in [0.1, 0.15) is 18.1 Å². The molecule has 0 bridgehead atoms. The van der Waals surface area contributed by atoms with Crippen molar-refractivity contribution in [1.29, 1.82) is 0 Å². The Bertz CT molecular complexity index is 598. The molecule has 0 amide bonds. The van der Waals surface area contributed by atoms with Gasteiger partial charge in [0, 0.05) is 6.54 Å². The highest BCUT2D eigenvalue weighted by Crippen LogP contribution is 2.31. The predicted molar refractivity (Wildman–Crippen MR) is 71.9 cm³/mol. The lowest BCUT2D eigenvalue weighted by atomic mass is 10.1. The Hall–Kier alpha value is -1.16. The van der Waals surface area contributed by atoms with Crippen LogP contribution in [0.25, 0.3) is 0 Å². The molecule has 0 spiro atoms. The Morgan fingerprint density at radius 3 is 2.37 bits per heavy atom. The number of hydrogen-bond donors (Lipinski definition) is 3. The number of benzene rings is 1. The molecular weight excluding hydrogens is 294 g/mol. The third-order valence-corrected chi connectivity index (χ3v) is 4.02. The van der Waals surface area contributed by atoms with Gasteiger partial charge in [0.25, 0.3) is 21.4 Å². The Kier molecular flexibility index (Phi) is 4.91. The van der Waals surface area contributed by atoms with Gasteiger partial charge in [0.05, 0.1) is 5.69 Å². The smallest absolute Gasteiger partial charge is 0.269 e. The maximum atomic E-state index is 11.1. The molecule has 0 fully saturated rings. The van der Waals surface area contributed by atoms with Crippen molar-refractivity contribution in [1.82, 2.24) is 0 Å². The van der Waals surface area contributed by atoms with Gasteiger partial charge in [-0.15, -0.1) is 0 Å². The zero-order chi connectivity index (χ0) is 14.8. The SMILES string of the molecule is CCN(c1cc(CS(=O)(=O)O)c(C)cc1O)S(=O)O. The minimum Gasteiger partial charge on any atom is -0.506 e. The van der Waals surface area contributed by atoms with Crippen LogP contribution < -0.4 is 4.31 Å². The molecule has 0 aromatic heterocycles. The van der Waals surface area contributed by atoms with Crippen LogP contribution in [-0.4, -0.2) is 33.4 Å². The molecule has 3 N–H and O–H groups in total. The van der Waals surface area contributed by atoms with Crippen LogP contribution in [0.15, 0.2) is 12.1 Å². The van der Waals surface area contributed by atoms with Crippen LogP contribution in [0.4, 0.5) is 5.69 Å². The number of rotatable bonds is 5. The van der Waals surface area contributed by atoms with Crippen LogP contribution in [0.2, 0.25) is 0 Å². The van der Waals surface area contributed by atoms with Gasteiger partial charge in [-0.05, 0) is 37.1 Å². The normalized spacial score (nSPS) is 13.3. The Balaban J connectivity index is 3.34. The Morgan fingerprint density at radius 1 is 1.37 bits per heavy atom. The first kappa shape index (κ1) is 15.9. The second-order valence-electron chi connectivity index (χ2n) is 3.92. The van der Waals surface area contributed by atoms with E-state index >= 15 is 0 Å². The van der Waals surface area contributed by atoms with Crippen LogP contribution in [0.3, 0.4) is 0 Å². The lowest BCUT2D eigenvalue weighted by molar-refractivity contribution is 0.473. The first-order chi connectivity index (χ1) is 8.65. The highest BCUT2D eigenvalue weighted by atomic mass is 32.2. The number of phenolic OH excluding ortho intramolecular Hbond substituents is 1. The molecule has 19 heavy (non-hydrogen) atoms. The van der Waals surface area contributed by atoms with Crippen molar-refractivity contribution in [3.05, 3.63) is 23.3 Å². The second kappa shape index (κ2) is 5.87. The number of nitrogens with zero attached hydrogens (tertiary/aromatic N) is 1. The molecule has 0 saturated heterocycles. The maximum Gasteiger partial charge on any atom is 0.269 e. The lowest BCUT2D eigenvalue weighted by Crippen LogP contribution is -2.25. The molecule has 1 rings (SSSR count). The molecular formula is C10H15NO6S2. The summed E-state index contributed by atoms with van der Waals surface area (Å²) in [4.78, 5) is 0. The molecule has 0 aliphatic carbocycles. The van der Waals surface area contributed by atoms with Crippen molar-refractivity contribution in [2.24, 2.45) is 0 Å². The third kappa shape index (κ3) is 4.16. The maximum absolute atomic E-state index is 11.1. The summed E-state index contributed by atoms with van der Waals surface area (Å²) in [5.74, 6) is -0.859. The number of phenols is 1. The largest absolute Gasteiger partial charge is 0.506 e. The van der Waals surface area contributed by atoms with Gasteiger partial charge in [-0.25, -0.2) is 4.21 Å². The first-order valence-electron chi connectivity index (χ1n) is 5.32. The summed E-state index contributed by atoms with van der Waals surface area (Å²) in [7, 11) is -4.22. The summed E-state index contributed by atoms with van der Waals surface area (Å²) in [6.45, 7) is 3.32. The van der Waals surface area contributed by atoms with E-state index in [-0.39, 0.29) is 23.5 Å². The van der Waals surface area contributed by atoms with E-state index in [1.165, 1.54) is 12.1 Å². The van der Waals surface area contributed by atoms with Crippen molar-refractivity contribution >= 4 is 27.1 Å². The van der Waals surface area contributed by atoms with E-state index in [1.54, 1.807) is 13.8 Å². The van der Waals surface area contributed by atoms with Gasteiger partial charge in [0.15, 0.2) is 0 Å². The van der Waals surface area contributed by atoms with Crippen molar-refractivity contribution in [3.63, 3.8) is 0 Å². The Morgan fingerprint density at radius 2 is 1.95 bits per heavy atom. The summed E-state index contributed by atoms with van der Waals surface area (Å²) in [5, 5.41) is 9.77. The van der Waals surface area contributed by atoms with Gasteiger partial charge in [-0.1, -0.05) is 0 Å². The lowest BCUT2D eigenvalue weighted by Gasteiger charge is -2.20. The van der Waals surface area contributed by atoms with E-state index in [9.17, 15) is 17.7 Å². The molecule has 9 heteroatoms. The number of hydrogen-bond acceptors (Lipinski definition) is 4. The molecule has 0 heterocycles. The highest BCUT2D eigenvalue weighted by molar-refractivity contribution is 7.85. The minimum atomic E-state index is -4.22. The highest BCUT2D eigenvalue weighted by Gasteiger charge is 2.18. The molecule has 0 aliphatic rings. The van der Waals surface area contributed by atoms with Gasteiger partial charge in [-0.2, -0.15) is 8.42 Å². The molecule has 1 aromatic rings. The van der Waals surface area contributed by atoms with Crippen LogP contribution in [0, 0.1) is 6.92 Å². The monoisotopic (exact) mass is 309 g/mol. The van der Waals surface area contributed by atoms with E-state index < -0.39 is 27.1 Å². The van der Waals surface area contributed by atoms with E-state index in [0.29, 0.717) is 5.56 Å². The zero-order valence-electron chi connectivity index (χ0n) is 10.4. The van der Waals surface area contributed by atoms with Crippen molar-refractivity contribution < 1.29 is 26.8 Å². The number of aromatic hydroxyl groups is 1. The summed E-state index contributed by atoms with van der Waals surface area (Å²) >= 11 is -2.34. The van der Waals surface area contributed by atoms with Crippen molar-refractivity contribution in [2.45, 2.75) is 19.6 Å². The fourth-order valence-electron chi connectivity index (χ4n) is 1.64. The van der Waals surface area contributed by atoms with Gasteiger partial charge < -0.3 is 5.11 Å². The first-order valence-corrected chi connectivity index (χ1v) is 7.99. The molecule has 1 aromatic carbocycles. The second-order valence-corrected chi connectivity index (χ2v) is 6.27. The molecule has 1 unspecified atom stereocenters. The van der Waals surface area contributed by atoms with Gasteiger partial charge in [-0.3, -0.25) is 13.4 Å². The average Bonchev–Trinajstić information content (AvgIpc) is 2.23. The molecule has 0 saturated carbocycles. The number of aryl methyl sites for hydroxylation is 1. The summed E-state index contributed by atoms with van der Waals surface area (Å²) in [6.07, 6.45) is 0. The predicted octanol–water partition coefficient (Wildman–Crippen LogP) is 1.05. The molecule has 1 atom stereocenters. The summed E-state index contributed by atoms with van der Waals surface area (Å²) < 4.78 is 51.8. The van der Waals surface area contributed by atoms with Crippen LogP contribution in [0.5, 0.6) is 5.75 Å². The third-order valence-electron chi connectivity index (χ3n) is 2.52. The van der Waals surface area contributed by atoms with Crippen molar-refractivity contribution in [3.8, 4) is 5.75 Å². The zero-order valence-corrected chi connectivity index (χ0v) is 12.0. The fourth-order valence-corrected chi connectivity index (χ4v) is 2.88. The molecule has 0 aliphatic heterocycles. The van der Waals surface area contributed by atoms with Gasteiger partial charge in [0.1, 0.15) is 11.5 Å². The summed E-state index contributed by atoms with van der Waals surface area (Å²) in [5.41, 5.74) is 0.741. The molecule has 7 nitrogen and oxygen atoms in total. The standard InChI is InChI=1S/C10H15NO6S2/c1-3-11(18(13)14)9-5-8(6-19(15,16)17)7(2)4-10(9)12/h4-5,12H,3,6H2,1-2H3,(H,13,14)(H,15,16,17). The fraction of sp³-hybridized carbons (Fsp3) is 0.400. The van der Waals surface area contributed by atoms with Gasteiger partial charge in [0.2, 0.25) is 0 Å². The van der Waals surface area contributed by atoms with Crippen LogP contribution in [-0.2, 0) is 27.1 Å². The Labute approximate surface area is 114 Å². The van der Waals surface area contributed by atoms with E-state index in [4.69, 9.17) is 9.11 Å². The molecule has 0 radical (unpaired) electrons. The quantitative estimate of drug-likeness (QED) is 0.553. The van der Waals surface area contributed by atoms with Crippen molar-refractivity contribution in [2.75, 3.05) is 10.8 Å².